The number of dihydropyridines is 1. The first-order valence-corrected chi connectivity index (χ1v) is 10.3. The fraction of sp³-hybridized carbons (Fsp3) is 0.350. The quantitative estimate of drug-likeness (QED) is 0.651. The summed E-state index contributed by atoms with van der Waals surface area (Å²) in [6.45, 7) is 1.32. The average molecular weight is 426 g/mol. The van der Waals surface area contributed by atoms with Gasteiger partial charge >= 0.3 is 0 Å². The van der Waals surface area contributed by atoms with Crippen LogP contribution in [0.4, 0.5) is 5.13 Å². The summed E-state index contributed by atoms with van der Waals surface area (Å²) in [5.74, 6) is 0.265. The van der Waals surface area contributed by atoms with E-state index < -0.39 is 0 Å². The number of fused-ring (bicyclic) bond motifs is 1. The molecule has 0 saturated carbocycles. The van der Waals surface area contributed by atoms with E-state index in [1.807, 2.05) is 38.3 Å². The number of methoxy groups -OCH3 is 1. The third-order valence-corrected chi connectivity index (χ3v) is 5.63. The van der Waals surface area contributed by atoms with Crippen LogP contribution in [0.1, 0.15) is 6.42 Å². The first-order valence-electron chi connectivity index (χ1n) is 9.47. The molecule has 0 aromatic carbocycles. The van der Waals surface area contributed by atoms with Crippen molar-refractivity contribution in [2.24, 2.45) is 12.0 Å². The van der Waals surface area contributed by atoms with E-state index in [2.05, 4.69) is 25.4 Å². The number of nitrogens with zero attached hydrogens (tertiary/aromatic N) is 6. The number of nitrogens with one attached hydrogen (secondary N) is 1. The number of carbonyl (C=O) groups excluding carboxylic acids is 1. The van der Waals surface area contributed by atoms with Crippen LogP contribution in [0.2, 0.25) is 0 Å². The lowest BCUT2D eigenvalue weighted by Crippen LogP contribution is -2.25. The van der Waals surface area contributed by atoms with Gasteiger partial charge in [0.15, 0.2) is 5.13 Å². The number of ether oxygens (including phenoxy) is 1. The molecule has 3 aromatic rings. The summed E-state index contributed by atoms with van der Waals surface area (Å²) in [7, 11) is 7.38. The van der Waals surface area contributed by atoms with Gasteiger partial charge in [-0.1, -0.05) is 11.3 Å². The maximum atomic E-state index is 12.8. The Morgan fingerprint density at radius 3 is 2.90 bits per heavy atom. The molecule has 0 saturated heterocycles. The number of hydrogen-bond donors (Lipinski definition) is 1. The van der Waals surface area contributed by atoms with E-state index in [1.165, 1.54) is 11.3 Å². The lowest BCUT2D eigenvalue weighted by Gasteiger charge is -2.15. The minimum absolute atomic E-state index is 0.157. The molecule has 10 heteroatoms. The van der Waals surface area contributed by atoms with Crippen LogP contribution in [0.5, 0.6) is 5.88 Å². The standard InChI is InChI=1S/C20H23N7O2S/c1-26(2)11-14-7-12(5-6-21-14)18(28)25-20-24-16-17(30-20)15(9-22-19(16)29-4)13-8-23-27(3)10-13/h7-10H,5-6,11H2,1-4H3,(H,24,25,28). The Morgan fingerprint density at radius 2 is 2.20 bits per heavy atom. The molecule has 0 fully saturated rings. The van der Waals surface area contributed by atoms with Crippen molar-refractivity contribution in [2.75, 3.05) is 39.6 Å². The average Bonchev–Trinajstić information content (AvgIpc) is 3.33. The van der Waals surface area contributed by atoms with Crippen LogP contribution >= 0.6 is 11.3 Å². The Hall–Kier alpha value is -3.11. The molecule has 3 aromatic heterocycles. The van der Waals surface area contributed by atoms with Crippen molar-refractivity contribution in [3.05, 3.63) is 30.2 Å². The second-order valence-corrected chi connectivity index (χ2v) is 8.26. The highest BCUT2D eigenvalue weighted by atomic mass is 32.1. The molecule has 0 radical (unpaired) electrons. The van der Waals surface area contributed by atoms with E-state index in [0.29, 0.717) is 41.6 Å². The van der Waals surface area contributed by atoms with Crippen molar-refractivity contribution in [3.63, 3.8) is 0 Å². The van der Waals surface area contributed by atoms with Gasteiger partial charge in [-0.15, -0.1) is 0 Å². The number of carbonyl (C=O) groups is 1. The number of hydrogen-bond acceptors (Lipinski definition) is 8. The summed E-state index contributed by atoms with van der Waals surface area (Å²) < 4.78 is 8.00. The van der Waals surface area contributed by atoms with Crippen LogP contribution in [0.15, 0.2) is 35.2 Å². The topological polar surface area (TPSA) is 97.5 Å². The van der Waals surface area contributed by atoms with E-state index in [-0.39, 0.29) is 5.91 Å². The molecule has 0 bridgehead atoms. The smallest absolute Gasteiger partial charge is 0.253 e. The van der Waals surface area contributed by atoms with Gasteiger partial charge in [0.1, 0.15) is 5.52 Å². The Balaban J connectivity index is 1.64. The Bertz CT molecular complexity index is 1160. The van der Waals surface area contributed by atoms with Crippen molar-refractivity contribution in [3.8, 4) is 17.0 Å². The fourth-order valence-corrected chi connectivity index (χ4v) is 4.26. The van der Waals surface area contributed by atoms with Gasteiger partial charge in [-0.05, 0) is 26.6 Å². The van der Waals surface area contributed by atoms with Crippen LogP contribution in [-0.2, 0) is 11.8 Å². The van der Waals surface area contributed by atoms with Gasteiger partial charge in [0.2, 0.25) is 5.88 Å². The number of aliphatic imine (C=N–C) groups is 1. The molecule has 1 N–H and O–H groups in total. The molecule has 1 amide bonds. The van der Waals surface area contributed by atoms with Crippen molar-refractivity contribution < 1.29 is 9.53 Å². The summed E-state index contributed by atoms with van der Waals surface area (Å²) in [4.78, 5) is 28.3. The van der Waals surface area contributed by atoms with Crippen molar-refractivity contribution in [2.45, 2.75) is 6.42 Å². The van der Waals surface area contributed by atoms with E-state index in [4.69, 9.17) is 4.74 Å². The van der Waals surface area contributed by atoms with E-state index in [0.717, 1.165) is 21.5 Å². The summed E-state index contributed by atoms with van der Waals surface area (Å²) in [6.07, 6.45) is 7.92. The molecule has 0 spiro atoms. The molecule has 4 heterocycles. The van der Waals surface area contributed by atoms with Crippen LogP contribution in [0.25, 0.3) is 21.3 Å². The van der Waals surface area contributed by atoms with E-state index in [9.17, 15) is 4.79 Å². The van der Waals surface area contributed by atoms with Gasteiger partial charge in [-0.25, -0.2) is 9.97 Å². The van der Waals surface area contributed by atoms with Crippen LogP contribution in [0, 0.1) is 0 Å². The second kappa shape index (κ2) is 8.33. The number of aromatic nitrogens is 4. The number of thiazole rings is 1. The highest BCUT2D eigenvalue weighted by Gasteiger charge is 2.20. The van der Waals surface area contributed by atoms with E-state index in [1.54, 1.807) is 24.2 Å². The van der Waals surface area contributed by atoms with Crippen LogP contribution < -0.4 is 10.1 Å². The largest absolute Gasteiger partial charge is 0.479 e. The first-order chi connectivity index (χ1) is 14.4. The third-order valence-electron chi connectivity index (χ3n) is 4.62. The lowest BCUT2D eigenvalue weighted by atomic mass is 10.1. The fourth-order valence-electron chi connectivity index (χ4n) is 3.27. The minimum atomic E-state index is -0.157. The van der Waals surface area contributed by atoms with Gasteiger partial charge in [0, 0.05) is 54.9 Å². The summed E-state index contributed by atoms with van der Waals surface area (Å²) >= 11 is 1.40. The number of aryl methyl sites for hydroxylation is 1. The molecular weight excluding hydrogens is 402 g/mol. The van der Waals surface area contributed by atoms with Gasteiger partial charge in [0.25, 0.3) is 5.91 Å². The summed E-state index contributed by atoms with van der Waals surface area (Å²) in [5, 5.41) is 7.68. The SMILES string of the molecule is COc1ncc(-c2cnn(C)c2)c2sc(NC(=O)C3=CC(CN(C)C)=NCC3)nc12. The number of pyridine rings is 1. The zero-order chi connectivity index (χ0) is 21.3. The maximum Gasteiger partial charge on any atom is 0.253 e. The van der Waals surface area contributed by atoms with E-state index >= 15 is 0 Å². The van der Waals surface area contributed by atoms with Crippen LogP contribution in [0.3, 0.4) is 0 Å². The third kappa shape index (κ3) is 4.10. The Morgan fingerprint density at radius 1 is 1.37 bits per heavy atom. The first kappa shape index (κ1) is 20.2. The van der Waals surface area contributed by atoms with Gasteiger partial charge < -0.3 is 9.64 Å². The number of anilines is 1. The number of amides is 1. The minimum Gasteiger partial charge on any atom is -0.479 e. The maximum absolute atomic E-state index is 12.8. The summed E-state index contributed by atoms with van der Waals surface area (Å²) in [5.41, 5.74) is 4.06. The van der Waals surface area contributed by atoms with Crippen molar-refractivity contribution in [1.82, 2.24) is 24.6 Å². The van der Waals surface area contributed by atoms with Gasteiger partial charge in [0.05, 0.1) is 18.0 Å². The predicted octanol–water partition coefficient (Wildman–Crippen LogP) is 2.37. The Labute approximate surface area is 178 Å². The Kier molecular flexibility index (Phi) is 5.60. The molecule has 30 heavy (non-hydrogen) atoms. The molecule has 9 nitrogen and oxygen atoms in total. The molecular formula is C20H23N7O2S. The van der Waals surface area contributed by atoms with Gasteiger partial charge in [-0.2, -0.15) is 5.10 Å². The highest BCUT2D eigenvalue weighted by molar-refractivity contribution is 7.23. The van der Waals surface area contributed by atoms with Crippen molar-refractivity contribution in [1.29, 1.82) is 0 Å². The number of rotatable bonds is 6. The second-order valence-electron chi connectivity index (χ2n) is 7.27. The molecule has 0 unspecified atom stereocenters. The molecule has 156 valence electrons. The van der Waals surface area contributed by atoms with Gasteiger partial charge in [-0.3, -0.25) is 19.8 Å². The predicted molar refractivity (Wildman–Crippen MR) is 118 cm³/mol. The molecule has 0 aliphatic carbocycles. The molecule has 0 atom stereocenters. The molecule has 1 aliphatic rings. The van der Waals surface area contributed by atoms with Crippen molar-refractivity contribution >= 4 is 38.3 Å². The highest BCUT2D eigenvalue weighted by Crippen LogP contribution is 2.38. The zero-order valence-electron chi connectivity index (χ0n) is 17.3. The molecule has 1 aliphatic heterocycles. The molecule has 4 rings (SSSR count). The summed E-state index contributed by atoms with van der Waals surface area (Å²) in [6, 6.07) is 0. The monoisotopic (exact) mass is 425 g/mol. The zero-order valence-corrected chi connectivity index (χ0v) is 18.2. The normalized spacial score (nSPS) is 14.0. The van der Waals surface area contributed by atoms with Crippen LogP contribution in [-0.4, -0.2) is 70.6 Å². The lowest BCUT2D eigenvalue weighted by molar-refractivity contribution is -0.113.